The molecule has 16 heavy (non-hydrogen) atoms. The molecule has 1 saturated heterocycles. The van der Waals surface area contributed by atoms with Gasteiger partial charge in [0.15, 0.2) is 0 Å². The van der Waals surface area contributed by atoms with E-state index in [1.54, 1.807) is 0 Å². The first-order valence-electron chi connectivity index (χ1n) is 6.67. The van der Waals surface area contributed by atoms with Crippen LogP contribution in [0.1, 0.15) is 56.2 Å². The van der Waals surface area contributed by atoms with E-state index in [4.69, 9.17) is 0 Å². The molecule has 1 aliphatic carbocycles. The lowest BCUT2D eigenvalue weighted by atomic mass is 10.0. The molecule has 1 unspecified atom stereocenters. The van der Waals surface area contributed by atoms with Crippen LogP contribution in [-0.4, -0.2) is 22.6 Å². The van der Waals surface area contributed by atoms with E-state index in [0.29, 0.717) is 6.04 Å². The van der Waals surface area contributed by atoms with Gasteiger partial charge in [0.1, 0.15) is 0 Å². The molecule has 0 spiro atoms. The van der Waals surface area contributed by atoms with Gasteiger partial charge in [-0.1, -0.05) is 12.8 Å². The van der Waals surface area contributed by atoms with E-state index in [1.807, 2.05) is 6.33 Å². The van der Waals surface area contributed by atoms with Crippen LogP contribution in [0.25, 0.3) is 0 Å². The molecule has 3 heteroatoms. The number of piperidine rings is 1. The largest absolute Gasteiger partial charge is 0.333 e. The van der Waals surface area contributed by atoms with Crippen LogP contribution in [0.3, 0.4) is 0 Å². The summed E-state index contributed by atoms with van der Waals surface area (Å²) >= 11 is 0. The third-order valence-electron chi connectivity index (χ3n) is 4.09. The van der Waals surface area contributed by atoms with Crippen molar-refractivity contribution in [2.45, 2.75) is 50.5 Å². The van der Waals surface area contributed by atoms with Gasteiger partial charge in [-0.15, -0.1) is 0 Å². The molecule has 0 aromatic carbocycles. The van der Waals surface area contributed by atoms with Crippen molar-refractivity contribution >= 4 is 0 Å². The van der Waals surface area contributed by atoms with Crippen molar-refractivity contribution in [1.29, 1.82) is 0 Å². The highest BCUT2D eigenvalue weighted by molar-refractivity contribution is 5.07. The van der Waals surface area contributed by atoms with E-state index in [1.165, 1.54) is 50.8 Å². The molecular formula is C13H21N3. The van der Waals surface area contributed by atoms with Gasteiger partial charge in [-0.3, -0.25) is 0 Å². The van der Waals surface area contributed by atoms with Crippen molar-refractivity contribution in [1.82, 2.24) is 14.9 Å². The highest BCUT2D eigenvalue weighted by atomic mass is 15.1. The molecular weight excluding hydrogens is 198 g/mol. The molecule has 1 aromatic rings. The second kappa shape index (κ2) is 4.58. The van der Waals surface area contributed by atoms with E-state index < -0.39 is 0 Å². The second-order valence-electron chi connectivity index (χ2n) is 5.23. The van der Waals surface area contributed by atoms with Crippen molar-refractivity contribution in [3.63, 3.8) is 0 Å². The SMILES string of the molecule is c1nc(C2CCCC2)cn1C1CCCNC1. The Morgan fingerprint density at radius 1 is 1.19 bits per heavy atom. The van der Waals surface area contributed by atoms with Crippen LogP contribution in [-0.2, 0) is 0 Å². The lowest BCUT2D eigenvalue weighted by molar-refractivity contribution is 0.371. The second-order valence-corrected chi connectivity index (χ2v) is 5.23. The lowest BCUT2D eigenvalue weighted by Gasteiger charge is -2.23. The number of rotatable bonds is 2. The predicted octanol–water partition coefficient (Wildman–Crippen LogP) is 2.47. The minimum absolute atomic E-state index is 0.636. The van der Waals surface area contributed by atoms with Gasteiger partial charge in [-0.2, -0.15) is 0 Å². The molecule has 0 radical (unpaired) electrons. The summed E-state index contributed by atoms with van der Waals surface area (Å²) in [5, 5.41) is 3.46. The summed E-state index contributed by atoms with van der Waals surface area (Å²) < 4.78 is 2.33. The summed E-state index contributed by atoms with van der Waals surface area (Å²) in [5.74, 6) is 0.748. The number of hydrogen-bond acceptors (Lipinski definition) is 2. The Hall–Kier alpha value is -0.830. The molecule has 2 heterocycles. The first-order valence-corrected chi connectivity index (χ1v) is 6.67. The highest BCUT2D eigenvalue weighted by Crippen LogP contribution is 2.33. The average Bonchev–Trinajstić information content (AvgIpc) is 3.01. The number of hydrogen-bond donors (Lipinski definition) is 1. The van der Waals surface area contributed by atoms with Crippen molar-refractivity contribution in [2.24, 2.45) is 0 Å². The Morgan fingerprint density at radius 3 is 2.81 bits per heavy atom. The van der Waals surface area contributed by atoms with Crippen LogP contribution in [0.5, 0.6) is 0 Å². The zero-order valence-electron chi connectivity index (χ0n) is 9.86. The van der Waals surface area contributed by atoms with E-state index in [9.17, 15) is 0 Å². The van der Waals surface area contributed by atoms with E-state index in [2.05, 4.69) is 21.1 Å². The summed E-state index contributed by atoms with van der Waals surface area (Å²) in [7, 11) is 0. The van der Waals surface area contributed by atoms with E-state index in [0.717, 1.165) is 12.5 Å². The monoisotopic (exact) mass is 219 g/mol. The lowest BCUT2D eigenvalue weighted by Crippen LogP contribution is -2.31. The van der Waals surface area contributed by atoms with Crippen LogP contribution < -0.4 is 5.32 Å². The topological polar surface area (TPSA) is 29.9 Å². The molecule has 0 amide bonds. The molecule has 0 bridgehead atoms. The maximum absolute atomic E-state index is 4.61. The van der Waals surface area contributed by atoms with Crippen LogP contribution >= 0.6 is 0 Å². The fraction of sp³-hybridized carbons (Fsp3) is 0.769. The number of imidazole rings is 1. The number of nitrogens with zero attached hydrogens (tertiary/aromatic N) is 2. The normalized spacial score (nSPS) is 27.4. The average molecular weight is 219 g/mol. The van der Waals surface area contributed by atoms with Crippen LogP contribution in [0.4, 0.5) is 0 Å². The maximum atomic E-state index is 4.61. The summed E-state index contributed by atoms with van der Waals surface area (Å²) in [6.07, 6.45) is 12.4. The molecule has 3 rings (SSSR count). The van der Waals surface area contributed by atoms with Crippen molar-refractivity contribution in [3.05, 3.63) is 18.2 Å². The van der Waals surface area contributed by atoms with Crippen molar-refractivity contribution < 1.29 is 0 Å². The molecule has 1 atom stereocenters. The summed E-state index contributed by atoms with van der Waals surface area (Å²) in [6.45, 7) is 2.29. The molecule has 88 valence electrons. The first-order chi connectivity index (χ1) is 7.93. The Morgan fingerprint density at radius 2 is 2.06 bits per heavy atom. The molecule has 1 aliphatic heterocycles. The van der Waals surface area contributed by atoms with Gasteiger partial charge in [0.2, 0.25) is 0 Å². The van der Waals surface area contributed by atoms with Gasteiger partial charge in [0.05, 0.1) is 12.0 Å². The zero-order valence-corrected chi connectivity index (χ0v) is 9.86. The van der Waals surface area contributed by atoms with Gasteiger partial charge < -0.3 is 9.88 Å². The maximum Gasteiger partial charge on any atom is 0.0952 e. The Kier molecular flexibility index (Phi) is 2.96. The fourth-order valence-corrected chi connectivity index (χ4v) is 3.07. The number of nitrogens with one attached hydrogen (secondary N) is 1. The van der Waals surface area contributed by atoms with Gasteiger partial charge in [-0.25, -0.2) is 4.98 Å². The standard InChI is InChI=1S/C13H21N3/c1-2-5-11(4-1)13-9-16(10-15-13)12-6-3-7-14-8-12/h9-12,14H,1-8H2. The number of aromatic nitrogens is 2. The van der Waals surface area contributed by atoms with Gasteiger partial charge >= 0.3 is 0 Å². The van der Waals surface area contributed by atoms with Crippen molar-refractivity contribution in [3.8, 4) is 0 Å². The van der Waals surface area contributed by atoms with Crippen LogP contribution in [0.2, 0.25) is 0 Å². The fourth-order valence-electron chi connectivity index (χ4n) is 3.07. The minimum Gasteiger partial charge on any atom is -0.333 e. The Balaban J connectivity index is 1.71. The molecule has 2 aliphatic rings. The summed E-state index contributed by atoms with van der Waals surface area (Å²) in [6, 6.07) is 0.636. The van der Waals surface area contributed by atoms with Gasteiger partial charge in [-0.05, 0) is 32.2 Å². The molecule has 1 saturated carbocycles. The summed E-state index contributed by atoms with van der Waals surface area (Å²) in [4.78, 5) is 4.61. The van der Waals surface area contributed by atoms with Crippen molar-refractivity contribution in [2.75, 3.05) is 13.1 Å². The molecule has 2 fully saturated rings. The van der Waals surface area contributed by atoms with Gasteiger partial charge in [0, 0.05) is 24.7 Å². The zero-order chi connectivity index (χ0) is 10.8. The smallest absolute Gasteiger partial charge is 0.0952 e. The van der Waals surface area contributed by atoms with Crippen LogP contribution in [0, 0.1) is 0 Å². The van der Waals surface area contributed by atoms with E-state index in [-0.39, 0.29) is 0 Å². The Labute approximate surface area is 97.3 Å². The minimum atomic E-state index is 0.636. The van der Waals surface area contributed by atoms with E-state index >= 15 is 0 Å². The van der Waals surface area contributed by atoms with Crippen LogP contribution in [0.15, 0.2) is 12.5 Å². The highest BCUT2D eigenvalue weighted by Gasteiger charge is 2.21. The van der Waals surface area contributed by atoms with Gasteiger partial charge in [0.25, 0.3) is 0 Å². The quantitative estimate of drug-likeness (QED) is 0.828. The third kappa shape index (κ3) is 2.01. The first kappa shape index (κ1) is 10.3. The third-order valence-corrected chi connectivity index (χ3v) is 4.09. The molecule has 3 nitrogen and oxygen atoms in total. The predicted molar refractivity (Wildman–Crippen MR) is 64.6 cm³/mol. The Bertz CT molecular complexity index is 333. The summed E-state index contributed by atoms with van der Waals surface area (Å²) in [5.41, 5.74) is 1.34. The molecule has 1 N–H and O–H groups in total. The molecule has 1 aromatic heterocycles.